The largest absolute Gasteiger partial charge is 0.490 e. The molecule has 0 bridgehead atoms. The molecule has 40 heteroatoms. The molecule has 10 aromatic rings. The van der Waals surface area contributed by atoms with Crippen LogP contribution in [0.15, 0.2) is 66.7 Å². The Morgan fingerprint density at radius 2 is 0.814 bits per heavy atom. The Bertz CT molecular complexity index is 4540. The first-order chi connectivity index (χ1) is 56.4. The van der Waals surface area contributed by atoms with E-state index in [-0.39, 0.29) is 71.7 Å². The molecule has 0 fully saturated rings. The van der Waals surface area contributed by atoms with Crippen LogP contribution in [-0.4, -0.2) is 189 Å². The quantitative estimate of drug-likeness (QED) is 0.0186. The molecule has 0 saturated carbocycles. The van der Waals surface area contributed by atoms with Crippen molar-refractivity contribution >= 4 is 89.4 Å². The summed E-state index contributed by atoms with van der Waals surface area (Å²) >= 11 is 0. The Morgan fingerprint density at radius 3 is 1.19 bits per heavy atom. The lowest BCUT2D eigenvalue weighted by Gasteiger charge is -2.24. The molecule has 0 saturated heterocycles. The van der Waals surface area contributed by atoms with E-state index in [2.05, 4.69) is 192 Å². The van der Waals surface area contributed by atoms with Crippen LogP contribution in [0.4, 0.5) is 83.3 Å². The van der Waals surface area contributed by atoms with Gasteiger partial charge in [-0.3, -0.25) is 4.98 Å². The van der Waals surface area contributed by atoms with E-state index in [0.29, 0.717) is 83.1 Å². The van der Waals surface area contributed by atoms with Gasteiger partial charge < -0.3 is 96.7 Å². The molecule has 0 aliphatic heterocycles. The molecule has 8 heterocycles. The first-order valence-corrected chi connectivity index (χ1v) is 38.8. The van der Waals surface area contributed by atoms with E-state index in [1.807, 2.05) is 103 Å². The minimum absolute atomic E-state index is 0.0627. The summed E-state index contributed by atoms with van der Waals surface area (Å²) in [5.74, 6) is 14.8. The van der Waals surface area contributed by atoms with E-state index in [1.165, 1.54) is 25.7 Å². The molecule has 40 nitrogen and oxygen atoms in total. The summed E-state index contributed by atoms with van der Waals surface area (Å²) < 4.78 is 22.4. The van der Waals surface area contributed by atoms with E-state index in [1.54, 1.807) is 39.4 Å². The van der Waals surface area contributed by atoms with Crippen LogP contribution in [0.25, 0.3) is 40.2 Å². The van der Waals surface area contributed by atoms with Gasteiger partial charge in [-0.25, -0.2) is 0 Å². The molecule has 8 aromatic heterocycles. The molecule has 636 valence electrons. The monoisotopic (exact) mass is 1630 g/mol. The lowest BCUT2D eigenvalue weighted by Crippen LogP contribution is -2.30. The number of pyridine rings is 1. The highest BCUT2D eigenvalue weighted by Crippen LogP contribution is 2.33. The molecule has 0 aliphatic rings. The Morgan fingerprint density at radius 1 is 0.424 bits per heavy atom. The normalized spacial score (nSPS) is 11.0. The van der Waals surface area contributed by atoms with Crippen molar-refractivity contribution in [3.63, 3.8) is 0 Å². The van der Waals surface area contributed by atoms with Crippen LogP contribution in [0.5, 0.6) is 11.5 Å². The van der Waals surface area contributed by atoms with Crippen molar-refractivity contribution in [3.8, 4) is 57.5 Å². The molecule has 2 aromatic carbocycles. The van der Waals surface area contributed by atoms with E-state index < -0.39 is 0 Å². The van der Waals surface area contributed by atoms with Gasteiger partial charge in [-0.05, 0) is 136 Å². The van der Waals surface area contributed by atoms with Gasteiger partial charge in [0.1, 0.15) is 11.6 Å². The molecule has 0 spiro atoms. The molecule has 0 radical (unpaired) electrons. The molecule has 10 rings (SSSR count). The van der Waals surface area contributed by atoms with Crippen molar-refractivity contribution in [1.82, 2.24) is 110 Å². The number of aromatic nitrogens is 22. The first-order valence-electron chi connectivity index (χ1n) is 38.8. The van der Waals surface area contributed by atoms with Crippen LogP contribution < -0.4 is 87.2 Å². The summed E-state index contributed by atoms with van der Waals surface area (Å²) in [7, 11) is 3.35. The molecule has 118 heavy (non-hydrogen) atoms. The van der Waals surface area contributed by atoms with Gasteiger partial charge in [-0.1, -0.05) is 96.7 Å². The number of benzene rings is 2. The number of nitrogens with zero attached hydrogens (tertiary/aromatic N) is 24. The highest BCUT2D eigenvalue weighted by molar-refractivity contribution is 5.63. The smallest absolute Gasteiger partial charge is 0.230 e. The third-order valence-electron chi connectivity index (χ3n) is 15.9. The number of nitrogens with one attached hydrogen (secondary N) is 2. The number of ether oxygens (including phenoxy) is 4. The van der Waals surface area contributed by atoms with Gasteiger partial charge in [0, 0.05) is 94.4 Å². The number of hydrogen-bond donors (Lipinski definition) is 12. The molecule has 2 unspecified atom stereocenters. The third kappa shape index (κ3) is 36.0. The summed E-state index contributed by atoms with van der Waals surface area (Å²) in [6.07, 6.45) is 9.92. The molecule has 0 aliphatic carbocycles. The molecule has 2 atom stereocenters. The zero-order chi connectivity index (χ0) is 87.2. The number of unbranched alkanes of at least 4 members (excludes halogenated alkanes) is 2. The van der Waals surface area contributed by atoms with Crippen LogP contribution >= 0.6 is 0 Å². The number of anilines is 14. The van der Waals surface area contributed by atoms with Crippen molar-refractivity contribution < 1.29 is 18.9 Å². The Balaban J connectivity index is 0.000000297. The fourth-order valence-electron chi connectivity index (χ4n) is 9.70. The summed E-state index contributed by atoms with van der Waals surface area (Å²) in [6.45, 7) is 39.0. The summed E-state index contributed by atoms with van der Waals surface area (Å²) in [6, 6.07) is 18.9. The van der Waals surface area contributed by atoms with Gasteiger partial charge >= 0.3 is 0 Å². The molecule has 0 amide bonds. The Hall–Kier alpha value is -13.3. The number of nitrogens with two attached hydrogens (primary N) is 10. The Labute approximate surface area is 691 Å². The zero-order valence-corrected chi connectivity index (χ0v) is 71.3. The fraction of sp³-hybridized carbons (Fsp3) is 0.462. The minimum Gasteiger partial charge on any atom is -0.490 e. The summed E-state index contributed by atoms with van der Waals surface area (Å²) in [4.78, 5) is 93.5. The standard InChI is InChI=1S/C19H29N5O4.C16H31N5.C14H20N6.C9H9N5.C8H15N5.C6H9N5.C6H7N5/c1-12(25-3)7-9-27-15-6-5-14(17-22-18(20)24-19(21)23-17)11-16(15)28-10-8-13(2)26-4;1-6-10-12-20(8-3)15-17-14(5)18-16(19-15)21(9-4)13-11-7-2;1-7(2)10-5-9(6-11(17-10)8(3)4)12-18-13(15)20-14(16)19-12;10-8-12-7(13-9(11)14-8)6-4-2-1-3-5-6;1-4-9-7-11-6(3)12-8(13-7)10-5-2;2*1-2-3-4-9-5(7)11-6(8)10-4/h5-6,11-13H,7-10H2,1-4H3,(H4,20,21,22,23,24);6-13H2,1-5H3;5-8H,1-4H3,(H4,15,16,18,19,20);1-5H,(H4,10,11,12,13,14);4-5H2,1-3H3,(H2,9,10,11,12,13);2-3H,1H3,(H4,7,8,9,10,11);1H3,(H4,7,8,9,10,11)/b;;;;;3-2+;. The third-order valence-corrected chi connectivity index (χ3v) is 15.9. The van der Waals surface area contributed by atoms with E-state index in [4.69, 9.17) is 81.3 Å². The number of aryl methyl sites for hydroxylation is 2. The maximum Gasteiger partial charge on any atom is 0.230 e. The summed E-state index contributed by atoms with van der Waals surface area (Å²) in [5, 5.41) is 6.09. The summed E-state index contributed by atoms with van der Waals surface area (Å²) in [5.41, 5.74) is 59.2. The zero-order valence-electron chi connectivity index (χ0n) is 71.3. The van der Waals surface area contributed by atoms with Crippen LogP contribution in [-0.2, 0) is 9.47 Å². The predicted octanol–water partition coefficient (Wildman–Crippen LogP) is 9.31. The topological polar surface area (TPSA) is 611 Å². The van der Waals surface area contributed by atoms with Crippen molar-refractivity contribution in [2.75, 3.05) is 144 Å². The van der Waals surface area contributed by atoms with Gasteiger partial charge in [-0.15, -0.1) is 0 Å². The van der Waals surface area contributed by atoms with Crippen molar-refractivity contribution in [3.05, 3.63) is 101 Å². The predicted molar refractivity (Wildman–Crippen MR) is 469 cm³/mol. The van der Waals surface area contributed by atoms with Crippen LogP contribution in [0.3, 0.4) is 0 Å². The molecular formula is C78H120N36O4. The fourth-order valence-corrected chi connectivity index (χ4v) is 9.70. The average Bonchev–Trinajstić information content (AvgIpc) is 0.807. The van der Waals surface area contributed by atoms with Gasteiger partial charge in [-0.2, -0.15) is 105 Å². The maximum absolute atomic E-state index is 5.95. The second-order valence-electron chi connectivity index (χ2n) is 26.1. The number of nitrogen functional groups attached to an aromatic ring is 10. The minimum atomic E-state index is 0.0627. The lowest BCUT2D eigenvalue weighted by molar-refractivity contribution is 0.0907. The van der Waals surface area contributed by atoms with Gasteiger partial charge in [0.15, 0.2) is 34.8 Å². The molecule has 22 N–H and O–H groups in total. The highest BCUT2D eigenvalue weighted by atomic mass is 16.5. The van der Waals surface area contributed by atoms with Crippen LogP contribution in [0.2, 0.25) is 0 Å². The van der Waals surface area contributed by atoms with Crippen molar-refractivity contribution in [1.29, 1.82) is 0 Å². The Kier molecular flexibility index (Phi) is 42.9. The SMILES string of the molecule is C/C=C/c1nc(N)nc(N)n1.CC#Cc1nc(N)nc(N)n1.CC(C)c1cc(-c2nc(N)nc(N)n2)cc(C(C)C)n1.CCCCN(CC)c1nc(C)nc(N(CC)CCCC)n1.CCNc1nc(C)nc(NCC)n1.COC(C)CCOc1ccc(-c2nc(N)nc(N)n2)cc1OCCC(C)OC.Nc1nc(N)nc(-c2ccccc2)n1. The van der Waals surface area contributed by atoms with Crippen molar-refractivity contribution in [2.24, 2.45) is 0 Å². The van der Waals surface area contributed by atoms with E-state index in [9.17, 15) is 0 Å². The van der Waals surface area contributed by atoms with Gasteiger partial charge in [0.05, 0.1) is 25.4 Å². The maximum atomic E-state index is 5.95. The second kappa shape index (κ2) is 52.2. The van der Waals surface area contributed by atoms with E-state index in [0.717, 1.165) is 98.2 Å². The van der Waals surface area contributed by atoms with E-state index >= 15 is 0 Å². The number of hydrogen-bond acceptors (Lipinski definition) is 40. The van der Waals surface area contributed by atoms with Gasteiger partial charge in [0.25, 0.3) is 0 Å². The van der Waals surface area contributed by atoms with Gasteiger partial charge in [0.2, 0.25) is 89.1 Å². The first kappa shape index (κ1) is 97.0. The number of rotatable bonds is 30. The average molecular weight is 1630 g/mol. The number of allylic oxidation sites excluding steroid dienone is 1. The van der Waals surface area contributed by atoms with Crippen molar-refractivity contribution in [2.45, 2.75) is 173 Å². The lowest BCUT2D eigenvalue weighted by atomic mass is 10.0. The highest BCUT2D eigenvalue weighted by Gasteiger charge is 2.18. The molecular weight excluding hydrogens is 1510 g/mol. The van der Waals surface area contributed by atoms with Crippen LogP contribution in [0, 0.1) is 25.7 Å². The number of methoxy groups -OCH3 is 2. The second-order valence-corrected chi connectivity index (χ2v) is 26.1. The van der Waals surface area contributed by atoms with Crippen LogP contribution in [0.1, 0.15) is 182 Å².